The molecular formula is C12H14ClN3O6S2. The van der Waals surface area contributed by atoms with E-state index in [9.17, 15) is 18.0 Å². The van der Waals surface area contributed by atoms with Crippen LogP contribution in [0.2, 0.25) is 5.02 Å². The van der Waals surface area contributed by atoms with Gasteiger partial charge in [0.2, 0.25) is 16.1 Å². The van der Waals surface area contributed by atoms with Crippen molar-refractivity contribution in [2.75, 3.05) is 26.2 Å². The lowest BCUT2D eigenvalue weighted by atomic mass is 10.3. The summed E-state index contributed by atoms with van der Waals surface area (Å²) in [6.45, 7) is 0.0948. The van der Waals surface area contributed by atoms with Crippen LogP contribution in [0.4, 0.5) is 5.69 Å². The first-order valence-electron chi connectivity index (χ1n) is 6.39. The highest BCUT2D eigenvalue weighted by Crippen LogP contribution is 2.39. The van der Waals surface area contributed by atoms with Crippen LogP contribution in [-0.4, -0.2) is 51.6 Å². The van der Waals surface area contributed by atoms with Crippen molar-refractivity contribution in [1.29, 1.82) is 0 Å². The van der Waals surface area contributed by atoms with Crippen molar-refractivity contribution in [1.82, 2.24) is 4.31 Å². The number of rotatable bonds is 4. The second-order valence-electron chi connectivity index (χ2n) is 4.62. The monoisotopic (exact) mass is 395 g/mol. The largest absolute Gasteiger partial charge is 0.467 e. The second-order valence-corrected chi connectivity index (χ2v) is 7.64. The van der Waals surface area contributed by atoms with Crippen molar-refractivity contribution >= 4 is 51.2 Å². The van der Waals surface area contributed by atoms with Crippen molar-refractivity contribution in [3.63, 3.8) is 0 Å². The average Bonchev–Trinajstić information content (AvgIpc) is 2.53. The summed E-state index contributed by atoms with van der Waals surface area (Å²) in [5.74, 6) is -1.61. The molecule has 24 heavy (non-hydrogen) atoms. The molecule has 1 aromatic rings. The molecule has 0 spiro atoms. The van der Waals surface area contributed by atoms with Gasteiger partial charge in [-0.2, -0.15) is 0 Å². The maximum Gasteiger partial charge on any atom is 0.335 e. The fraction of sp³-hybridized carbons (Fsp3) is 0.333. The number of hydrogen-bond acceptors (Lipinski definition) is 9. The Morgan fingerprint density at radius 1 is 1.33 bits per heavy atom. The highest BCUT2D eigenvalue weighted by Gasteiger charge is 2.38. The molecule has 2 rings (SSSR count). The predicted molar refractivity (Wildman–Crippen MR) is 86.8 cm³/mol. The number of anilines is 1. The van der Waals surface area contributed by atoms with E-state index in [0.29, 0.717) is 10.6 Å². The van der Waals surface area contributed by atoms with Crippen LogP contribution in [0.25, 0.3) is 0 Å². The van der Waals surface area contributed by atoms with E-state index in [2.05, 4.69) is 14.8 Å². The van der Waals surface area contributed by atoms with Gasteiger partial charge < -0.3 is 14.8 Å². The molecule has 132 valence electrons. The molecule has 1 aromatic carbocycles. The van der Waals surface area contributed by atoms with Crippen LogP contribution in [0.3, 0.4) is 0 Å². The average molecular weight is 396 g/mol. The van der Waals surface area contributed by atoms with Gasteiger partial charge in [0.05, 0.1) is 31.6 Å². The van der Waals surface area contributed by atoms with Gasteiger partial charge in [-0.1, -0.05) is 11.6 Å². The molecule has 0 amide bonds. The first kappa shape index (κ1) is 18.8. The number of hydrogen-bond donors (Lipinski definition) is 2. The Hall–Kier alpha value is -1.53. The third-order valence-corrected chi connectivity index (χ3v) is 5.60. The van der Waals surface area contributed by atoms with Crippen LogP contribution < -0.4 is 10.5 Å². The molecule has 0 saturated heterocycles. The molecule has 0 atom stereocenters. The number of halogens is 1. The molecule has 1 aliphatic heterocycles. The fourth-order valence-electron chi connectivity index (χ4n) is 1.99. The number of carbonyl (C=O) groups excluding carboxylic acids is 2. The topological polar surface area (TPSA) is 128 Å². The zero-order valence-corrected chi connectivity index (χ0v) is 15.0. The van der Waals surface area contributed by atoms with E-state index in [1.807, 2.05) is 0 Å². The van der Waals surface area contributed by atoms with Crippen molar-refractivity contribution < 1.29 is 27.5 Å². The first-order valence-corrected chi connectivity index (χ1v) is 9.09. The van der Waals surface area contributed by atoms with Gasteiger partial charge >= 0.3 is 11.9 Å². The Balaban J connectivity index is 2.40. The Bertz CT molecular complexity index is 769. The molecule has 0 aliphatic carbocycles. The van der Waals surface area contributed by atoms with Gasteiger partial charge in [-0.25, -0.2) is 27.5 Å². The smallest absolute Gasteiger partial charge is 0.335 e. The molecule has 1 aliphatic rings. The molecule has 1 heterocycles. The van der Waals surface area contributed by atoms with Crippen LogP contribution in [0.5, 0.6) is 0 Å². The maximum atomic E-state index is 11.9. The van der Waals surface area contributed by atoms with Crippen LogP contribution in [0, 0.1) is 0 Å². The number of primary sulfonamides is 1. The van der Waals surface area contributed by atoms with Gasteiger partial charge in [0, 0.05) is 4.90 Å². The Kier molecular flexibility index (Phi) is 5.60. The number of esters is 2. The number of nitrogens with one attached hydrogen (secondary N) is 1. The van der Waals surface area contributed by atoms with E-state index in [0.717, 1.165) is 26.2 Å². The van der Waals surface area contributed by atoms with Gasteiger partial charge in [0.1, 0.15) is 4.90 Å². The minimum Gasteiger partial charge on any atom is -0.467 e. The van der Waals surface area contributed by atoms with E-state index < -0.39 is 28.0 Å². The van der Waals surface area contributed by atoms with E-state index in [4.69, 9.17) is 16.7 Å². The van der Waals surface area contributed by atoms with Gasteiger partial charge in [-0.15, -0.1) is 0 Å². The molecule has 0 unspecified atom stereocenters. The number of nitrogens with zero attached hydrogens (tertiary/aromatic N) is 1. The Morgan fingerprint density at radius 3 is 2.42 bits per heavy atom. The van der Waals surface area contributed by atoms with Gasteiger partial charge in [0.25, 0.3) is 0 Å². The summed E-state index contributed by atoms with van der Waals surface area (Å²) in [5.41, 5.74) is 0.544. The lowest BCUT2D eigenvalue weighted by Crippen LogP contribution is -2.47. The summed E-state index contributed by atoms with van der Waals surface area (Å²) in [7, 11) is -1.73. The molecule has 0 saturated carbocycles. The Labute approximate surface area is 147 Å². The molecule has 9 nitrogen and oxygen atoms in total. The van der Waals surface area contributed by atoms with Gasteiger partial charge in [0.15, 0.2) is 0 Å². The summed E-state index contributed by atoms with van der Waals surface area (Å²) < 4.78 is 33.7. The molecule has 0 aromatic heterocycles. The highest BCUT2D eigenvalue weighted by molar-refractivity contribution is 7.97. The van der Waals surface area contributed by atoms with Gasteiger partial charge in [-0.05, 0) is 24.1 Å². The van der Waals surface area contributed by atoms with Crippen molar-refractivity contribution in [3.8, 4) is 0 Å². The number of sulfonamides is 1. The van der Waals surface area contributed by atoms with Crippen LogP contribution in [0.15, 0.2) is 21.9 Å². The standard InChI is InChI=1S/C12H14ClN3O6S2/c1-21-11(17)10(12(18)22-2)16-5-15-7-3-6(13)9(24(14,19)20)4-8(7)23-16/h3-4,10,15H,5H2,1-2H3,(H2,14,19,20). The van der Waals surface area contributed by atoms with Crippen LogP contribution in [-0.2, 0) is 29.1 Å². The lowest BCUT2D eigenvalue weighted by Gasteiger charge is -2.32. The lowest BCUT2D eigenvalue weighted by molar-refractivity contribution is -0.157. The number of nitrogens with two attached hydrogens (primary N) is 1. The van der Waals surface area contributed by atoms with Crippen molar-refractivity contribution in [3.05, 3.63) is 17.2 Å². The van der Waals surface area contributed by atoms with Gasteiger partial charge in [-0.3, -0.25) is 0 Å². The number of methoxy groups -OCH3 is 2. The first-order chi connectivity index (χ1) is 11.2. The third kappa shape index (κ3) is 3.75. The Morgan fingerprint density at radius 2 is 1.92 bits per heavy atom. The summed E-state index contributed by atoms with van der Waals surface area (Å²) in [5, 5.41) is 8.03. The predicted octanol–water partition coefficient (Wildman–Crippen LogP) is 0.394. The fourth-order valence-corrected chi connectivity index (χ4v) is 4.22. The zero-order valence-electron chi connectivity index (χ0n) is 12.6. The van der Waals surface area contributed by atoms with Crippen molar-refractivity contribution in [2.24, 2.45) is 5.14 Å². The molecular weight excluding hydrogens is 382 g/mol. The quantitative estimate of drug-likeness (QED) is 0.422. The van der Waals surface area contributed by atoms with Crippen molar-refractivity contribution in [2.45, 2.75) is 15.8 Å². The summed E-state index contributed by atoms with van der Waals surface area (Å²) >= 11 is 6.90. The number of fused-ring (bicyclic) bond motifs is 1. The molecule has 0 fully saturated rings. The van der Waals surface area contributed by atoms with Crippen LogP contribution in [0.1, 0.15) is 0 Å². The SMILES string of the molecule is COC(=O)C(C(=O)OC)N1CNc2cc(Cl)c(S(N)(=O)=O)cc2S1. The zero-order chi connectivity index (χ0) is 18.1. The second kappa shape index (κ2) is 7.15. The summed E-state index contributed by atoms with van der Waals surface area (Å²) in [6, 6.07) is 1.36. The highest BCUT2D eigenvalue weighted by atomic mass is 35.5. The minimum absolute atomic E-state index is 0.0321. The molecule has 0 bridgehead atoms. The molecule has 3 N–H and O–H groups in total. The van der Waals surface area contributed by atoms with E-state index in [1.54, 1.807) is 0 Å². The van der Waals surface area contributed by atoms with Crippen LogP contribution >= 0.6 is 23.5 Å². The summed E-state index contributed by atoms with van der Waals surface area (Å²) in [6.07, 6.45) is 0. The molecule has 12 heteroatoms. The number of benzene rings is 1. The maximum absolute atomic E-state index is 11.9. The molecule has 0 radical (unpaired) electrons. The minimum atomic E-state index is -4.02. The summed E-state index contributed by atoms with van der Waals surface area (Å²) in [4.78, 5) is 23.9. The number of ether oxygens (including phenoxy) is 2. The van der Waals surface area contributed by atoms with E-state index >= 15 is 0 Å². The number of carbonyl (C=O) groups is 2. The third-order valence-electron chi connectivity index (χ3n) is 3.12. The normalized spacial score (nSPS) is 14.7. The van der Waals surface area contributed by atoms with E-state index in [-0.39, 0.29) is 16.6 Å². The van der Waals surface area contributed by atoms with E-state index in [1.165, 1.54) is 16.4 Å².